The maximum absolute atomic E-state index is 12.1. The zero-order chi connectivity index (χ0) is 20.6. The molecule has 29 heavy (non-hydrogen) atoms. The number of ether oxygens (including phenoxy) is 1. The summed E-state index contributed by atoms with van der Waals surface area (Å²) in [5.74, 6) is 0.447. The highest BCUT2D eigenvalue weighted by Gasteiger charge is 2.25. The van der Waals surface area contributed by atoms with Crippen molar-refractivity contribution in [1.82, 2.24) is 9.80 Å². The summed E-state index contributed by atoms with van der Waals surface area (Å²) < 4.78 is 5.43. The van der Waals surface area contributed by atoms with E-state index in [0.29, 0.717) is 25.6 Å². The van der Waals surface area contributed by atoms with Crippen LogP contribution in [0.2, 0.25) is 0 Å². The fourth-order valence-electron chi connectivity index (χ4n) is 3.03. The Labute approximate surface area is 192 Å². The molecule has 1 saturated heterocycles. The molecule has 7 nitrogen and oxygen atoms in total. The minimum Gasteiger partial charge on any atom is -0.444 e. The molecule has 0 bridgehead atoms. The van der Waals surface area contributed by atoms with Gasteiger partial charge in [-0.1, -0.05) is 19.1 Å². The molecule has 1 aromatic carbocycles. The first kappa shape index (κ1) is 25.5. The Morgan fingerprint density at radius 3 is 2.55 bits per heavy atom. The van der Waals surface area contributed by atoms with Gasteiger partial charge in [0.1, 0.15) is 5.60 Å². The second-order valence-electron chi connectivity index (χ2n) is 8.11. The number of nitrogens with two attached hydrogens (primary N) is 1. The SMILES string of the molecule is CCc1cccc(NC(N)=NCCCN2CCN(C(=O)OC(C)(C)C)CC2)c1.I. The van der Waals surface area contributed by atoms with Gasteiger partial charge in [0, 0.05) is 45.0 Å². The summed E-state index contributed by atoms with van der Waals surface area (Å²) in [6.07, 6.45) is 1.71. The number of guanidine groups is 1. The summed E-state index contributed by atoms with van der Waals surface area (Å²) in [5.41, 5.74) is 7.78. The fraction of sp³-hybridized carbons (Fsp3) is 0.619. The lowest BCUT2D eigenvalue weighted by Crippen LogP contribution is -2.50. The third-order valence-corrected chi connectivity index (χ3v) is 4.55. The molecule has 1 aromatic rings. The van der Waals surface area contributed by atoms with Crippen molar-refractivity contribution in [2.24, 2.45) is 10.7 Å². The van der Waals surface area contributed by atoms with Crippen LogP contribution < -0.4 is 11.1 Å². The zero-order valence-electron chi connectivity index (χ0n) is 18.1. The molecule has 8 heteroatoms. The van der Waals surface area contributed by atoms with Gasteiger partial charge in [0.15, 0.2) is 5.96 Å². The maximum atomic E-state index is 12.1. The van der Waals surface area contributed by atoms with E-state index in [1.165, 1.54) is 5.56 Å². The molecule has 1 heterocycles. The highest BCUT2D eigenvalue weighted by atomic mass is 127. The van der Waals surface area contributed by atoms with Crippen molar-refractivity contribution in [3.05, 3.63) is 29.8 Å². The number of amides is 1. The van der Waals surface area contributed by atoms with Crippen LogP contribution in [0.25, 0.3) is 0 Å². The molecule has 0 aromatic heterocycles. The number of piperazine rings is 1. The first-order chi connectivity index (χ1) is 13.3. The van der Waals surface area contributed by atoms with Gasteiger partial charge in [-0.05, 0) is 51.3 Å². The number of carbonyl (C=O) groups is 1. The van der Waals surface area contributed by atoms with Crippen LogP contribution in [0, 0.1) is 0 Å². The van der Waals surface area contributed by atoms with Gasteiger partial charge < -0.3 is 20.7 Å². The lowest BCUT2D eigenvalue weighted by molar-refractivity contribution is 0.0145. The van der Waals surface area contributed by atoms with Crippen molar-refractivity contribution < 1.29 is 9.53 Å². The number of nitrogens with one attached hydrogen (secondary N) is 1. The predicted molar refractivity (Wildman–Crippen MR) is 130 cm³/mol. The second kappa shape index (κ2) is 12.2. The quantitative estimate of drug-likeness (QED) is 0.261. The summed E-state index contributed by atoms with van der Waals surface area (Å²) in [5, 5.41) is 3.15. The van der Waals surface area contributed by atoms with Crippen molar-refractivity contribution in [1.29, 1.82) is 0 Å². The number of carbonyl (C=O) groups excluding carboxylic acids is 1. The minimum atomic E-state index is -0.446. The van der Waals surface area contributed by atoms with E-state index in [1.54, 1.807) is 4.90 Å². The van der Waals surface area contributed by atoms with Crippen LogP contribution in [-0.2, 0) is 11.2 Å². The van der Waals surface area contributed by atoms with E-state index in [2.05, 4.69) is 34.3 Å². The van der Waals surface area contributed by atoms with Crippen LogP contribution in [0.3, 0.4) is 0 Å². The van der Waals surface area contributed by atoms with Gasteiger partial charge in [-0.15, -0.1) is 24.0 Å². The topological polar surface area (TPSA) is 83.2 Å². The second-order valence-corrected chi connectivity index (χ2v) is 8.11. The van der Waals surface area contributed by atoms with Crippen molar-refractivity contribution in [3.8, 4) is 0 Å². The van der Waals surface area contributed by atoms with E-state index in [9.17, 15) is 4.79 Å². The van der Waals surface area contributed by atoms with E-state index in [-0.39, 0.29) is 30.1 Å². The summed E-state index contributed by atoms with van der Waals surface area (Å²) in [7, 11) is 0. The van der Waals surface area contributed by atoms with Crippen molar-refractivity contribution in [3.63, 3.8) is 0 Å². The molecule has 1 amide bonds. The first-order valence-electron chi connectivity index (χ1n) is 10.1. The summed E-state index contributed by atoms with van der Waals surface area (Å²) in [4.78, 5) is 20.6. The molecule has 1 fully saturated rings. The molecule has 0 spiro atoms. The van der Waals surface area contributed by atoms with Gasteiger partial charge >= 0.3 is 6.09 Å². The number of benzene rings is 1. The Morgan fingerprint density at radius 2 is 1.93 bits per heavy atom. The van der Waals surface area contributed by atoms with Crippen molar-refractivity contribution >= 4 is 41.7 Å². The number of aliphatic imine (C=N–C) groups is 1. The maximum Gasteiger partial charge on any atom is 0.410 e. The number of hydrogen-bond acceptors (Lipinski definition) is 4. The standard InChI is InChI=1S/C21H35N5O2.HI/c1-5-17-8-6-9-18(16-17)24-19(22)23-10-7-11-25-12-14-26(15-13-25)20(27)28-21(2,3)4;/h6,8-9,16H,5,7,10-15H2,1-4H3,(H3,22,23,24);1H. The summed E-state index contributed by atoms with van der Waals surface area (Å²) in [6, 6.07) is 8.20. The molecular formula is C21H36IN5O2. The molecule has 1 aliphatic heterocycles. The van der Waals surface area contributed by atoms with Crippen LogP contribution in [0.1, 0.15) is 39.7 Å². The molecule has 0 saturated carbocycles. The molecule has 1 aliphatic rings. The highest BCUT2D eigenvalue weighted by molar-refractivity contribution is 14.0. The van der Waals surface area contributed by atoms with E-state index in [0.717, 1.165) is 38.2 Å². The summed E-state index contributed by atoms with van der Waals surface area (Å²) >= 11 is 0. The highest BCUT2D eigenvalue weighted by Crippen LogP contribution is 2.12. The summed E-state index contributed by atoms with van der Waals surface area (Å²) in [6.45, 7) is 12.6. The average molecular weight is 517 g/mol. The number of nitrogens with zero attached hydrogens (tertiary/aromatic N) is 3. The Bertz CT molecular complexity index is 667. The number of anilines is 1. The Hall–Kier alpha value is -1.55. The molecule has 0 atom stereocenters. The third-order valence-electron chi connectivity index (χ3n) is 4.55. The molecular weight excluding hydrogens is 481 g/mol. The molecule has 3 N–H and O–H groups in total. The van der Waals surface area contributed by atoms with Crippen LogP contribution in [0.5, 0.6) is 0 Å². The zero-order valence-corrected chi connectivity index (χ0v) is 20.4. The van der Waals surface area contributed by atoms with E-state index in [4.69, 9.17) is 10.5 Å². The number of hydrogen-bond donors (Lipinski definition) is 2. The molecule has 0 radical (unpaired) electrons. The first-order valence-corrected chi connectivity index (χ1v) is 10.1. The van der Waals surface area contributed by atoms with Crippen LogP contribution in [0.15, 0.2) is 29.3 Å². The van der Waals surface area contributed by atoms with Gasteiger partial charge in [-0.3, -0.25) is 9.89 Å². The molecule has 2 rings (SSSR count). The minimum absolute atomic E-state index is 0. The van der Waals surface area contributed by atoms with E-state index < -0.39 is 5.60 Å². The van der Waals surface area contributed by atoms with Gasteiger partial charge in [0.2, 0.25) is 0 Å². The van der Waals surface area contributed by atoms with E-state index >= 15 is 0 Å². The van der Waals surface area contributed by atoms with Crippen molar-refractivity contribution in [2.45, 2.75) is 46.1 Å². The number of halogens is 1. The van der Waals surface area contributed by atoms with Gasteiger partial charge in [-0.2, -0.15) is 0 Å². The lowest BCUT2D eigenvalue weighted by atomic mass is 10.1. The predicted octanol–water partition coefficient (Wildman–Crippen LogP) is 3.54. The van der Waals surface area contributed by atoms with Crippen LogP contribution >= 0.6 is 24.0 Å². The third kappa shape index (κ3) is 9.66. The number of rotatable bonds is 6. The average Bonchev–Trinajstić information content (AvgIpc) is 2.64. The van der Waals surface area contributed by atoms with Crippen molar-refractivity contribution in [2.75, 3.05) is 44.6 Å². The van der Waals surface area contributed by atoms with Gasteiger partial charge in [-0.25, -0.2) is 4.79 Å². The lowest BCUT2D eigenvalue weighted by Gasteiger charge is -2.35. The number of aryl methyl sites for hydroxylation is 1. The molecule has 164 valence electrons. The normalized spacial score (nSPS) is 15.6. The monoisotopic (exact) mass is 517 g/mol. The Balaban J connectivity index is 0.00000420. The van der Waals surface area contributed by atoms with Crippen LogP contribution in [-0.4, -0.2) is 66.7 Å². The molecule has 0 aliphatic carbocycles. The Morgan fingerprint density at radius 1 is 1.24 bits per heavy atom. The van der Waals surface area contributed by atoms with Gasteiger partial charge in [0.25, 0.3) is 0 Å². The van der Waals surface area contributed by atoms with Gasteiger partial charge in [0.05, 0.1) is 0 Å². The van der Waals surface area contributed by atoms with E-state index in [1.807, 2.05) is 32.9 Å². The molecule has 0 unspecified atom stereocenters. The largest absolute Gasteiger partial charge is 0.444 e. The fourth-order valence-corrected chi connectivity index (χ4v) is 3.03. The Kier molecular flexibility index (Phi) is 10.7. The smallest absolute Gasteiger partial charge is 0.410 e. The van der Waals surface area contributed by atoms with Crippen LogP contribution in [0.4, 0.5) is 10.5 Å².